The lowest BCUT2D eigenvalue weighted by atomic mass is 9.94. The van der Waals surface area contributed by atoms with Gasteiger partial charge in [0.2, 0.25) is 5.91 Å². The minimum absolute atomic E-state index is 0.136. The number of carbonyl (C=O) groups is 2. The third-order valence-corrected chi connectivity index (χ3v) is 4.80. The second-order valence-electron chi connectivity index (χ2n) is 6.77. The molecule has 3 rings (SSSR count). The number of fused-ring (bicyclic) bond motifs is 1. The highest BCUT2D eigenvalue weighted by molar-refractivity contribution is 6.08. The molecule has 1 aliphatic heterocycles. The van der Waals surface area contributed by atoms with Crippen LogP contribution in [0.3, 0.4) is 0 Å². The predicted molar refractivity (Wildman–Crippen MR) is 113 cm³/mol. The molecule has 0 atom stereocenters. The minimum Gasteiger partial charge on any atom is -0.388 e. The summed E-state index contributed by atoms with van der Waals surface area (Å²) in [6.45, 7) is 5.52. The van der Waals surface area contributed by atoms with E-state index in [0.29, 0.717) is 23.4 Å². The van der Waals surface area contributed by atoms with Crippen LogP contribution >= 0.6 is 0 Å². The van der Waals surface area contributed by atoms with E-state index in [9.17, 15) is 9.59 Å². The number of rotatable bonds is 6. The first-order chi connectivity index (χ1) is 13.9. The molecule has 146 valence electrons. The van der Waals surface area contributed by atoms with Crippen molar-refractivity contribution in [1.29, 1.82) is 10.7 Å². The van der Waals surface area contributed by atoms with Crippen LogP contribution in [-0.4, -0.2) is 36.5 Å². The molecule has 0 unspecified atom stereocenters. The van der Waals surface area contributed by atoms with Gasteiger partial charge < -0.3 is 20.9 Å². The Bertz CT molecular complexity index is 1080. The van der Waals surface area contributed by atoms with Crippen molar-refractivity contribution in [1.82, 2.24) is 4.90 Å². The summed E-state index contributed by atoms with van der Waals surface area (Å²) >= 11 is 0. The number of nitriles is 1. The van der Waals surface area contributed by atoms with Crippen LogP contribution in [0.15, 0.2) is 42.5 Å². The molecule has 0 aromatic heterocycles. The van der Waals surface area contributed by atoms with Crippen LogP contribution in [0.2, 0.25) is 0 Å². The molecule has 0 aliphatic carbocycles. The van der Waals surface area contributed by atoms with E-state index in [1.54, 1.807) is 18.0 Å². The average molecular weight is 387 g/mol. The monoisotopic (exact) mass is 387 g/mol. The van der Waals surface area contributed by atoms with Gasteiger partial charge in [-0.25, -0.2) is 0 Å². The van der Waals surface area contributed by atoms with Crippen molar-refractivity contribution in [3.63, 3.8) is 0 Å². The van der Waals surface area contributed by atoms with E-state index in [1.807, 2.05) is 30.3 Å². The lowest BCUT2D eigenvalue weighted by molar-refractivity contribution is -0.114. The molecule has 29 heavy (non-hydrogen) atoms. The summed E-state index contributed by atoms with van der Waals surface area (Å²) in [6, 6.07) is 11.2. The molecule has 2 aromatic carbocycles. The molecular weight excluding hydrogens is 366 g/mol. The zero-order chi connectivity index (χ0) is 21.1. The van der Waals surface area contributed by atoms with Gasteiger partial charge in [0.05, 0.1) is 23.9 Å². The largest absolute Gasteiger partial charge is 0.388 e. The van der Waals surface area contributed by atoms with Gasteiger partial charge in [0, 0.05) is 43.6 Å². The highest BCUT2D eigenvalue weighted by Gasteiger charge is 2.33. The summed E-state index contributed by atoms with van der Waals surface area (Å²) < 4.78 is 0. The zero-order valence-electron chi connectivity index (χ0n) is 16.3. The van der Waals surface area contributed by atoms with Crippen molar-refractivity contribution in [2.24, 2.45) is 0 Å². The molecule has 0 radical (unpaired) electrons. The van der Waals surface area contributed by atoms with Gasteiger partial charge in [-0.1, -0.05) is 24.8 Å². The molecule has 7 nitrogen and oxygen atoms in total. The van der Waals surface area contributed by atoms with Crippen LogP contribution in [-0.2, 0) is 11.3 Å². The first-order valence-electron chi connectivity index (χ1n) is 9.02. The van der Waals surface area contributed by atoms with Crippen LogP contribution < -0.4 is 10.6 Å². The SMILES string of the molecule is C=C(C#N)CN1Cc2c(-c3ccc(C=N)c(NC)c3)ccc(NC(C)=O)c2C1=O. The van der Waals surface area contributed by atoms with Gasteiger partial charge >= 0.3 is 0 Å². The van der Waals surface area contributed by atoms with Crippen molar-refractivity contribution in [3.05, 3.63) is 59.2 Å². The molecule has 1 heterocycles. The van der Waals surface area contributed by atoms with Gasteiger partial charge in [0.1, 0.15) is 0 Å². The Morgan fingerprint density at radius 3 is 2.72 bits per heavy atom. The summed E-state index contributed by atoms with van der Waals surface area (Å²) in [6.07, 6.45) is 1.28. The lowest BCUT2D eigenvalue weighted by Crippen LogP contribution is -2.26. The Balaban J connectivity index is 2.14. The number of hydrogen-bond donors (Lipinski definition) is 3. The van der Waals surface area contributed by atoms with Gasteiger partial charge in [-0.15, -0.1) is 0 Å². The van der Waals surface area contributed by atoms with Crippen molar-refractivity contribution in [2.75, 3.05) is 24.2 Å². The maximum Gasteiger partial charge on any atom is 0.256 e. The fraction of sp³-hybridized carbons (Fsp3) is 0.182. The van der Waals surface area contributed by atoms with Crippen molar-refractivity contribution < 1.29 is 9.59 Å². The summed E-state index contributed by atoms with van der Waals surface area (Å²) in [5.74, 6) is -0.507. The smallest absolute Gasteiger partial charge is 0.256 e. The minimum atomic E-state index is -0.263. The molecule has 0 spiro atoms. The van der Waals surface area contributed by atoms with Gasteiger partial charge in [-0.2, -0.15) is 5.26 Å². The third kappa shape index (κ3) is 3.73. The normalized spacial score (nSPS) is 12.2. The molecule has 2 amide bonds. The van der Waals surface area contributed by atoms with Gasteiger partial charge in [-0.05, 0) is 28.8 Å². The molecule has 0 saturated heterocycles. The highest BCUT2D eigenvalue weighted by atomic mass is 16.2. The van der Waals surface area contributed by atoms with E-state index in [2.05, 4.69) is 17.2 Å². The van der Waals surface area contributed by atoms with E-state index in [0.717, 1.165) is 27.9 Å². The maximum atomic E-state index is 13.0. The van der Waals surface area contributed by atoms with Gasteiger partial charge in [0.25, 0.3) is 5.91 Å². The third-order valence-electron chi connectivity index (χ3n) is 4.80. The lowest BCUT2D eigenvalue weighted by Gasteiger charge is -2.14. The van der Waals surface area contributed by atoms with E-state index in [-0.39, 0.29) is 18.4 Å². The first-order valence-corrected chi connectivity index (χ1v) is 9.02. The Morgan fingerprint density at radius 2 is 2.10 bits per heavy atom. The Hall–Kier alpha value is -3.92. The van der Waals surface area contributed by atoms with Crippen molar-refractivity contribution in [3.8, 4) is 17.2 Å². The van der Waals surface area contributed by atoms with Crippen molar-refractivity contribution in [2.45, 2.75) is 13.5 Å². The topological polar surface area (TPSA) is 109 Å². The van der Waals surface area contributed by atoms with E-state index < -0.39 is 0 Å². The van der Waals surface area contributed by atoms with Crippen molar-refractivity contribution >= 4 is 29.4 Å². The molecule has 0 saturated carbocycles. The zero-order valence-corrected chi connectivity index (χ0v) is 16.3. The number of nitrogens with zero attached hydrogens (tertiary/aromatic N) is 2. The quantitative estimate of drug-likeness (QED) is 0.521. The van der Waals surface area contributed by atoms with Crippen LogP contribution in [0.5, 0.6) is 0 Å². The molecule has 0 bridgehead atoms. The molecular formula is C22H21N5O2. The summed E-state index contributed by atoms with van der Waals surface area (Å²) in [5.41, 5.74) is 5.28. The van der Waals surface area contributed by atoms with Crippen LogP contribution in [0.4, 0.5) is 11.4 Å². The summed E-state index contributed by atoms with van der Waals surface area (Å²) in [5, 5.41) is 22.4. The number of carbonyl (C=O) groups excluding carboxylic acids is 2. The van der Waals surface area contributed by atoms with E-state index in [4.69, 9.17) is 10.7 Å². The molecule has 0 fully saturated rings. The summed E-state index contributed by atoms with van der Waals surface area (Å²) in [7, 11) is 1.79. The number of nitrogens with one attached hydrogen (secondary N) is 3. The van der Waals surface area contributed by atoms with Crippen LogP contribution in [0, 0.1) is 16.7 Å². The second-order valence-corrected chi connectivity index (χ2v) is 6.77. The Labute approximate surface area is 169 Å². The number of anilines is 2. The first kappa shape index (κ1) is 19.8. The standard InChI is InChI=1S/C22H21N5O2/c1-13(9-23)11-27-12-18-17(15-4-5-16(10-24)20(8-15)25-3)6-7-19(26-14(2)28)21(18)22(27)29/h4-8,10,24-25H,1,11-12H2,2-3H3,(H,26,28). The van der Waals surface area contributed by atoms with Crippen LogP contribution in [0.25, 0.3) is 11.1 Å². The number of amides is 2. The number of hydrogen-bond acceptors (Lipinski definition) is 5. The van der Waals surface area contributed by atoms with Gasteiger partial charge in [0.15, 0.2) is 0 Å². The second kappa shape index (κ2) is 7.98. The predicted octanol–water partition coefficient (Wildman–Crippen LogP) is 3.39. The Morgan fingerprint density at radius 1 is 1.34 bits per heavy atom. The Kier molecular flexibility index (Phi) is 5.46. The fourth-order valence-corrected chi connectivity index (χ4v) is 3.50. The average Bonchev–Trinajstić information content (AvgIpc) is 3.03. The summed E-state index contributed by atoms with van der Waals surface area (Å²) in [4.78, 5) is 26.2. The molecule has 1 aliphatic rings. The van der Waals surface area contributed by atoms with E-state index in [1.165, 1.54) is 13.1 Å². The van der Waals surface area contributed by atoms with Crippen LogP contribution in [0.1, 0.15) is 28.4 Å². The highest BCUT2D eigenvalue weighted by Crippen LogP contribution is 2.38. The van der Waals surface area contributed by atoms with Gasteiger partial charge in [-0.3, -0.25) is 9.59 Å². The number of benzene rings is 2. The van der Waals surface area contributed by atoms with E-state index >= 15 is 0 Å². The molecule has 2 aromatic rings. The molecule has 7 heteroatoms. The molecule has 3 N–H and O–H groups in total. The fourth-order valence-electron chi connectivity index (χ4n) is 3.50. The maximum absolute atomic E-state index is 13.0.